The van der Waals surface area contributed by atoms with Gasteiger partial charge < -0.3 is 5.11 Å². The molecule has 0 spiro atoms. The summed E-state index contributed by atoms with van der Waals surface area (Å²) >= 11 is 0. The summed E-state index contributed by atoms with van der Waals surface area (Å²) in [6.45, 7) is 2.12. The zero-order chi connectivity index (χ0) is 11.5. The molecule has 0 unspecified atom stereocenters. The van der Waals surface area contributed by atoms with Crippen LogP contribution in [0.1, 0.15) is 35.8 Å². The first-order valence-corrected chi connectivity index (χ1v) is 5.27. The van der Waals surface area contributed by atoms with Crippen molar-refractivity contribution < 1.29 is 9.90 Å². The van der Waals surface area contributed by atoms with E-state index in [4.69, 9.17) is 5.11 Å². The van der Waals surface area contributed by atoms with Gasteiger partial charge in [-0.05, 0) is 12.8 Å². The second-order valence-corrected chi connectivity index (χ2v) is 3.67. The van der Waals surface area contributed by atoms with Gasteiger partial charge in [0.25, 0.3) is 0 Å². The molecule has 1 N–H and O–H groups in total. The Morgan fingerprint density at radius 1 is 1.44 bits per heavy atom. The largest absolute Gasteiger partial charge is 0.478 e. The van der Waals surface area contributed by atoms with Gasteiger partial charge in [-0.25, -0.2) is 14.8 Å². The predicted molar refractivity (Wildman–Crippen MR) is 58.6 cm³/mol. The van der Waals surface area contributed by atoms with Crippen molar-refractivity contribution in [3.63, 3.8) is 0 Å². The highest BCUT2D eigenvalue weighted by Gasteiger charge is 2.08. The zero-order valence-electron chi connectivity index (χ0n) is 9.05. The van der Waals surface area contributed by atoms with Crippen molar-refractivity contribution in [2.45, 2.75) is 26.2 Å². The molecule has 0 aliphatic heterocycles. The van der Waals surface area contributed by atoms with Crippen molar-refractivity contribution in [2.75, 3.05) is 0 Å². The van der Waals surface area contributed by atoms with Crippen molar-refractivity contribution in [2.24, 2.45) is 0 Å². The third-order valence-electron chi connectivity index (χ3n) is 2.47. The summed E-state index contributed by atoms with van der Waals surface area (Å²) in [5.74, 6) is -0.416. The first-order valence-electron chi connectivity index (χ1n) is 5.27. The highest BCUT2D eigenvalue weighted by Crippen LogP contribution is 2.09. The molecule has 2 aromatic heterocycles. The number of aryl methyl sites for hydroxylation is 1. The van der Waals surface area contributed by atoms with Crippen LogP contribution in [0.15, 0.2) is 18.6 Å². The first-order chi connectivity index (χ1) is 7.72. The van der Waals surface area contributed by atoms with E-state index in [1.165, 1.54) is 6.20 Å². The van der Waals surface area contributed by atoms with Gasteiger partial charge in [-0.15, -0.1) is 0 Å². The molecule has 0 saturated carbocycles. The fraction of sp³-hybridized carbons (Fsp3) is 0.364. The van der Waals surface area contributed by atoms with E-state index in [2.05, 4.69) is 16.9 Å². The molecule has 5 nitrogen and oxygen atoms in total. The number of rotatable bonds is 4. The minimum atomic E-state index is -0.968. The van der Waals surface area contributed by atoms with Crippen molar-refractivity contribution in [1.82, 2.24) is 14.4 Å². The first kappa shape index (κ1) is 10.6. The Labute approximate surface area is 92.8 Å². The number of nitrogens with zero attached hydrogens (tertiary/aromatic N) is 3. The lowest BCUT2D eigenvalue weighted by molar-refractivity contribution is 0.0696. The number of imidazole rings is 1. The van der Waals surface area contributed by atoms with Gasteiger partial charge in [-0.3, -0.25) is 4.40 Å². The molecule has 0 aromatic carbocycles. The molecule has 0 bridgehead atoms. The topological polar surface area (TPSA) is 67.5 Å². The molecule has 0 aliphatic rings. The highest BCUT2D eigenvalue weighted by molar-refractivity contribution is 5.87. The Morgan fingerprint density at radius 3 is 2.88 bits per heavy atom. The smallest absolute Gasteiger partial charge is 0.338 e. The van der Waals surface area contributed by atoms with Gasteiger partial charge in [0.2, 0.25) is 5.78 Å². The Kier molecular flexibility index (Phi) is 2.85. The minimum Gasteiger partial charge on any atom is -0.478 e. The van der Waals surface area contributed by atoms with Gasteiger partial charge in [0, 0.05) is 18.1 Å². The molecule has 0 fully saturated rings. The van der Waals surface area contributed by atoms with E-state index in [1.54, 1.807) is 16.8 Å². The summed E-state index contributed by atoms with van der Waals surface area (Å²) in [6, 6.07) is 0. The number of carboxylic acid groups (broad SMARTS) is 1. The molecule has 0 radical (unpaired) electrons. The Bertz CT molecular complexity index is 519. The molecular formula is C11H13N3O2. The number of aromatic carboxylic acids is 1. The summed E-state index contributed by atoms with van der Waals surface area (Å²) in [4.78, 5) is 19.0. The standard InChI is InChI=1S/C11H13N3O2/c1-2-3-4-9-6-13-11-12-5-8(10(15)16)7-14(9)11/h5-7H,2-4H2,1H3,(H,15,16). The van der Waals surface area contributed by atoms with Crippen LogP contribution in [0, 0.1) is 0 Å². The number of fused-ring (bicyclic) bond motifs is 1. The molecule has 0 saturated heterocycles. The number of aromatic nitrogens is 3. The molecular weight excluding hydrogens is 206 g/mol. The molecule has 0 aliphatic carbocycles. The SMILES string of the molecule is CCCCc1cnc2ncc(C(=O)O)cn12. The van der Waals surface area contributed by atoms with Gasteiger partial charge in [-0.2, -0.15) is 0 Å². The van der Waals surface area contributed by atoms with Crippen LogP contribution in [0.5, 0.6) is 0 Å². The molecule has 2 rings (SSSR count). The zero-order valence-corrected chi connectivity index (χ0v) is 9.05. The van der Waals surface area contributed by atoms with Crippen molar-refractivity contribution in [3.05, 3.63) is 29.8 Å². The Morgan fingerprint density at radius 2 is 2.19 bits per heavy atom. The molecule has 5 heteroatoms. The monoisotopic (exact) mass is 219 g/mol. The number of unbranched alkanes of at least 4 members (excludes halogenated alkanes) is 1. The van der Waals surface area contributed by atoms with Crippen molar-refractivity contribution in [1.29, 1.82) is 0 Å². The van der Waals surface area contributed by atoms with Gasteiger partial charge in [0.15, 0.2) is 0 Å². The summed E-state index contributed by atoms with van der Waals surface area (Å²) in [6.07, 6.45) is 7.70. The van der Waals surface area contributed by atoms with E-state index in [-0.39, 0.29) is 5.56 Å². The van der Waals surface area contributed by atoms with Crippen LogP contribution < -0.4 is 0 Å². The van der Waals surface area contributed by atoms with Crippen LogP contribution in [0.4, 0.5) is 0 Å². The molecule has 0 atom stereocenters. The van der Waals surface area contributed by atoms with E-state index in [0.717, 1.165) is 25.0 Å². The maximum absolute atomic E-state index is 10.8. The van der Waals surface area contributed by atoms with Gasteiger partial charge in [-0.1, -0.05) is 13.3 Å². The highest BCUT2D eigenvalue weighted by atomic mass is 16.4. The van der Waals surface area contributed by atoms with Crippen LogP contribution in [0.3, 0.4) is 0 Å². The van der Waals surface area contributed by atoms with Crippen LogP contribution in [-0.2, 0) is 6.42 Å². The second kappa shape index (κ2) is 4.30. The quantitative estimate of drug-likeness (QED) is 0.850. The number of hydrogen-bond donors (Lipinski definition) is 1. The second-order valence-electron chi connectivity index (χ2n) is 3.67. The predicted octanol–water partition coefficient (Wildman–Crippen LogP) is 1.77. The van der Waals surface area contributed by atoms with Crippen LogP contribution in [0.25, 0.3) is 5.78 Å². The maximum Gasteiger partial charge on any atom is 0.338 e. The van der Waals surface area contributed by atoms with E-state index < -0.39 is 5.97 Å². The van der Waals surface area contributed by atoms with E-state index in [0.29, 0.717) is 5.78 Å². The number of hydrogen-bond acceptors (Lipinski definition) is 3. The Hall–Kier alpha value is -1.91. The van der Waals surface area contributed by atoms with E-state index >= 15 is 0 Å². The summed E-state index contributed by atoms with van der Waals surface area (Å²) in [5.41, 5.74) is 1.19. The van der Waals surface area contributed by atoms with E-state index in [9.17, 15) is 4.79 Å². The van der Waals surface area contributed by atoms with Gasteiger partial charge >= 0.3 is 5.97 Å². The maximum atomic E-state index is 10.8. The molecule has 2 aromatic rings. The lowest BCUT2D eigenvalue weighted by Gasteiger charge is -2.01. The Balaban J connectivity index is 2.43. The number of carboxylic acids is 1. The lowest BCUT2D eigenvalue weighted by Crippen LogP contribution is -2.02. The molecule has 2 heterocycles. The summed E-state index contributed by atoms with van der Waals surface area (Å²) in [5, 5.41) is 8.88. The van der Waals surface area contributed by atoms with Crippen LogP contribution in [0.2, 0.25) is 0 Å². The van der Waals surface area contributed by atoms with Gasteiger partial charge in [0.05, 0.1) is 11.8 Å². The normalized spacial score (nSPS) is 10.8. The summed E-state index contributed by atoms with van der Waals surface area (Å²) < 4.78 is 1.75. The molecule has 16 heavy (non-hydrogen) atoms. The third kappa shape index (κ3) is 1.88. The fourth-order valence-corrected chi connectivity index (χ4v) is 1.57. The van der Waals surface area contributed by atoms with E-state index in [1.807, 2.05) is 0 Å². The van der Waals surface area contributed by atoms with Crippen molar-refractivity contribution in [3.8, 4) is 0 Å². The third-order valence-corrected chi connectivity index (χ3v) is 2.47. The number of carbonyl (C=O) groups is 1. The van der Waals surface area contributed by atoms with Crippen LogP contribution in [-0.4, -0.2) is 25.4 Å². The van der Waals surface area contributed by atoms with Crippen molar-refractivity contribution >= 4 is 11.7 Å². The minimum absolute atomic E-state index is 0.184. The average Bonchev–Trinajstić information content (AvgIpc) is 2.68. The fourth-order valence-electron chi connectivity index (χ4n) is 1.57. The summed E-state index contributed by atoms with van der Waals surface area (Å²) in [7, 11) is 0. The average molecular weight is 219 g/mol. The lowest BCUT2D eigenvalue weighted by atomic mass is 10.2. The molecule has 84 valence electrons. The van der Waals surface area contributed by atoms with Gasteiger partial charge in [0.1, 0.15) is 0 Å². The molecule has 0 amide bonds. The van der Waals surface area contributed by atoms with Crippen LogP contribution >= 0.6 is 0 Å².